The van der Waals surface area contributed by atoms with Crippen molar-refractivity contribution in [2.24, 2.45) is 11.8 Å². The molecule has 2 atom stereocenters. The van der Waals surface area contributed by atoms with Gasteiger partial charge in [-0.25, -0.2) is 4.98 Å². The molecule has 0 unspecified atom stereocenters. The Morgan fingerprint density at radius 1 is 1.19 bits per heavy atom. The molecule has 0 aromatic carbocycles. The summed E-state index contributed by atoms with van der Waals surface area (Å²) in [7, 11) is 0. The highest BCUT2D eigenvalue weighted by atomic mass is 16.1. The summed E-state index contributed by atoms with van der Waals surface area (Å²) in [5.41, 5.74) is 3.99. The minimum Gasteiger partial charge on any atom is -0.312 e. The average Bonchev–Trinajstić information content (AvgIpc) is 3.06. The minimum atomic E-state index is 0.110. The van der Waals surface area contributed by atoms with Gasteiger partial charge in [-0.2, -0.15) is 0 Å². The van der Waals surface area contributed by atoms with Gasteiger partial charge in [-0.3, -0.25) is 14.2 Å². The van der Waals surface area contributed by atoms with Crippen molar-refractivity contribution >= 4 is 5.65 Å². The summed E-state index contributed by atoms with van der Waals surface area (Å²) in [4.78, 5) is 24.1. The van der Waals surface area contributed by atoms with Crippen LogP contribution in [0.2, 0.25) is 0 Å². The van der Waals surface area contributed by atoms with Crippen LogP contribution in [-0.2, 0) is 6.54 Å². The third-order valence-corrected chi connectivity index (χ3v) is 5.87. The molecule has 6 nitrogen and oxygen atoms in total. The minimum absolute atomic E-state index is 0.110. The number of nitrogens with zero attached hydrogens (tertiary/aromatic N) is 5. The summed E-state index contributed by atoms with van der Waals surface area (Å²) in [5, 5.41) is 0. The van der Waals surface area contributed by atoms with Gasteiger partial charge in [-0.05, 0) is 24.3 Å². The second-order valence-corrected chi connectivity index (χ2v) is 8.48. The first-order valence-electron chi connectivity index (χ1n) is 9.83. The maximum Gasteiger partial charge on any atom is 0.251 e. The van der Waals surface area contributed by atoms with E-state index in [1.807, 2.05) is 21.4 Å². The van der Waals surface area contributed by atoms with E-state index in [1.54, 1.807) is 18.5 Å². The molecule has 140 valence electrons. The Hall–Kier alpha value is -2.47. The van der Waals surface area contributed by atoms with Gasteiger partial charge < -0.3 is 9.47 Å². The lowest BCUT2D eigenvalue weighted by Crippen LogP contribution is -2.48. The smallest absolute Gasteiger partial charge is 0.251 e. The number of piperidine rings is 1. The molecule has 0 amide bonds. The first-order chi connectivity index (χ1) is 13.1. The van der Waals surface area contributed by atoms with Crippen molar-refractivity contribution in [3.8, 4) is 11.3 Å². The molecule has 0 radical (unpaired) electrons. The lowest BCUT2D eigenvalue weighted by molar-refractivity contribution is 0.109. The number of hydrogen-bond acceptors (Lipinski definition) is 4. The molecule has 5 heterocycles. The summed E-state index contributed by atoms with van der Waals surface area (Å²) in [6, 6.07) is 3.98. The predicted molar refractivity (Wildman–Crippen MR) is 105 cm³/mol. The van der Waals surface area contributed by atoms with Crippen molar-refractivity contribution in [1.82, 2.24) is 23.8 Å². The average molecular weight is 363 g/mol. The molecule has 6 heteroatoms. The van der Waals surface area contributed by atoms with Crippen molar-refractivity contribution in [2.75, 3.05) is 19.6 Å². The second kappa shape index (κ2) is 6.30. The third kappa shape index (κ3) is 2.88. The molecule has 0 aliphatic carbocycles. The fourth-order valence-electron chi connectivity index (χ4n) is 4.93. The molecular formula is C21H25N5O. The SMILES string of the molecule is CC(C)CN1C[C@@H]2C[C@H](C1)c1cc(-c3cnc4cnccn34)cc(=O)n1C2. The van der Waals surface area contributed by atoms with Gasteiger partial charge in [0.25, 0.3) is 5.56 Å². The highest BCUT2D eigenvalue weighted by Crippen LogP contribution is 2.36. The maximum absolute atomic E-state index is 12.9. The predicted octanol–water partition coefficient (Wildman–Crippen LogP) is 2.63. The fraction of sp³-hybridized carbons (Fsp3) is 0.476. The summed E-state index contributed by atoms with van der Waals surface area (Å²) in [5.74, 6) is 1.69. The Bertz CT molecular complexity index is 1050. The highest BCUT2D eigenvalue weighted by Gasteiger charge is 2.35. The second-order valence-electron chi connectivity index (χ2n) is 8.48. The van der Waals surface area contributed by atoms with Crippen LogP contribution in [0.3, 0.4) is 0 Å². The number of aromatic nitrogens is 4. The van der Waals surface area contributed by atoms with Crippen LogP contribution in [0.5, 0.6) is 0 Å². The molecule has 5 rings (SSSR count). The number of hydrogen-bond donors (Lipinski definition) is 0. The van der Waals surface area contributed by atoms with Crippen LogP contribution < -0.4 is 5.56 Å². The third-order valence-electron chi connectivity index (χ3n) is 5.87. The van der Waals surface area contributed by atoms with E-state index in [-0.39, 0.29) is 5.56 Å². The zero-order valence-corrected chi connectivity index (χ0v) is 15.9. The summed E-state index contributed by atoms with van der Waals surface area (Å²) in [6.45, 7) is 8.70. The summed E-state index contributed by atoms with van der Waals surface area (Å²) in [6.07, 6.45) is 8.41. The Morgan fingerprint density at radius 2 is 2.07 bits per heavy atom. The van der Waals surface area contributed by atoms with Gasteiger partial charge >= 0.3 is 0 Å². The molecule has 0 N–H and O–H groups in total. The van der Waals surface area contributed by atoms with Crippen LogP contribution in [0.1, 0.15) is 31.9 Å². The lowest BCUT2D eigenvalue weighted by Gasteiger charge is -2.43. The molecule has 2 bridgehead atoms. The van der Waals surface area contributed by atoms with E-state index >= 15 is 0 Å². The molecule has 3 aromatic heterocycles. The van der Waals surface area contributed by atoms with E-state index < -0.39 is 0 Å². The molecule has 2 aliphatic heterocycles. The fourth-order valence-corrected chi connectivity index (χ4v) is 4.93. The zero-order valence-electron chi connectivity index (χ0n) is 15.9. The van der Waals surface area contributed by atoms with Gasteiger partial charge in [0.05, 0.1) is 18.1 Å². The van der Waals surface area contributed by atoms with Crippen molar-refractivity contribution in [1.29, 1.82) is 0 Å². The van der Waals surface area contributed by atoms with Gasteiger partial charge in [0.2, 0.25) is 0 Å². The van der Waals surface area contributed by atoms with E-state index in [1.165, 1.54) is 12.1 Å². The Morgan fingerprint density at radius 3 is 2.93 bits per heavy atom. The Balaban J connectivity index is 1.57. The van der Waals surface area contributed by atoms with E-state index in [0.29, 0.717) is 17.8 Å². The summed E-state index contributed by atoms with van der Waals surface area (Å²) < 4.78 is 4.01. The molecule has 1 fully saturated rings. The molecule has 0 saturated carbocycles. The topological polar surface area (TPSA) is 55.4 Å². The monoisotopic (exact) mass is 363 g/mol. The number of likely N-dealkylation sites (tertiary alicyclic amines) is 1. The van der Waals surface area contributed by atoms with Gasteiger partial charge in [-0.15, -0.1) is 0 Å². The van der Waals surface area contributed by atoms with Crippen LogP contribution in [0.4, 0.5) is 0 Å². The number of pyridine rings is 1. The number of rotatable bonds is 3. The zero-order chi connectivity index (χ0) is 18.5. The maximum atomic E-state index is 12.9. The molecular weight excluding hydrogens is 338 g/mol. The molecule has 3 aromatic rings. The van der Waals surface area contributed by atoms with Crippen LogP contribution in [0, 0.1) is 11.8 Å². The van der Waals surface area contributed by atoms with E-state index in [4.69, 9.17) is 0 Å². The van der Waals surface area contributed by atoms with Crippen LogP contribution in [0.15, 0.2) is 41.7 Å². The first-order valence-corrected chi connectivity index (χ1v) is 9.83. The van der Waals surface area contributed by atoms with Crippen molar-refractivity contribution in [3.63, 3.8) is 0 Å². The van der Waals surface area contributed by atoms with Crippen LogP contribution in [-0.4, -0.2) is 43.5 Å². The van der Waals surface area contributed by atoms with Gasteiger partial charge in [0.1, 0.15) is 0 Å². The van der Waals surface area contributed by atoms with Crippen LogP contribution >= 0.6 is 0 Å². The van der Waals surface area contributed by atoms with E-state index in [9.17, 15) is 4.79 Å². The molecule has 2 aliphatic rings. The standard InChI is InChI=1S/C21H25N5O/c1-14(2)10-24-11-15-5-17(13-24)18-6-16(7-21(27)26(18)12-15)19-8-23-20-9-22-3-4-25(19)20/h3-4,6-9,14-15,17H,5,10-13H2,1-2H3/t15-,17+/m0/s1. The largest absolute Gasteiger partial charge is 0.312 e. The van der Waals surface area contributed by atoms with Gasteiger partial charge in [-0.1, -0.05) is 13.8 Å². The Kier molecular flexibility index (Phi) is 3.90. The van der Waals surface area contributed by atoms with Gasteiger partial charge in [0.15, 0.2) is 5.65 Å². The number of imidazole rings is 1. The van der Waals surface area contributed by atoms with Crippen LogP contribution in [0.25, 0.3) is 16.9 Å². The van der Waals surface area contributed by atoms with E-state index in [2.05, 4.69) is 34.8 Å². The van der Waals surface area contributed by atoms with E-state index in [0.717, 1.165) is 43.1 Å². The molecule has 1 saturated heterocycles. The summed E-state index contributed by atoms with van der Waals surface area (Å²) >= 11 is 0. The quantitative estimate of drug-likeness (QED) is 0.718. The van der Waals surface area contributed by atoms with Crippen molar-refractivity contribution in [3.05, 3.63) is 53.0 Å². The Labute approximate surface area is 158 Å². The molecule has 27 heavy (non-hydrogen) atoms. The number of fused-ring (bicyclic) bond motifs is 5. The van der Waals surface area contributed by atoms with Crippen molar-refractivity contribution < 1.29 is 0 Å². The molecule has 0 spiro atoms. The first kappa shape index (κ1) is 16.7. The normalized spacial score (nSPS) is 22.3. The lowest BCUT2D eigenvalue weighted by atomic mass is 9.82. The van der Waals surface area contributed by atoms with Gasteiger partial charge in [0, 0.05) is 61.8 Å². The highest BCUT2D eigenvalue weighted by molar-refractivity contribution is 5.63. The van der Waals surface area contributed by atoms with Crippen molar-refractivity contribution in [2.45, 2.75) is 32.7 Å².